The zero-order chi connectivity index (χ0) is 22.2. The van der Waals surface area contributed by atoms with E-state index in [1.807, 2.05) is 44.2 Å². The third kappa shape index (κ3) is 3.84. The predicted octanol–water partition coefficient (Wildman–Crippen LogP) is 3.58. The summed E-state index contributed by atoms with van der Waals surface area (Å²) >= 11 is 1.34. The van der Waals surface area contributed by atoms with Crippen molar-refractivity contribution in [3.05, 3.63) is 52.0 Å². The summed E-state index contributed by atoms with van der Waals surface area (Å²) < 4.78 is 11.2. The largest absolute Gasteiger partial charge is 0.492 e. The number of anilines is 1. The quantitative estimate of drug-likeness (QED) is 0.658. The Morgan fingerprint density at radius 3 is 2.78 bits per heavy atom. The lowest BCUT2D eigenvalue weighted by molar-refractivity contribution is -0.121. The van der Waals surface area contributed by atoms with Crippen molar-refractivity contribution < 1.29 is 19.1 Å². The third-order valence-electron chi connectivity index (χ3n) is 5.98. The SMILES string of the molecule is Cc1cc(C)c2c(NC(=O)[C@H]3COc4ccccc4C3)c(C(=O)N3CCOCC3)sc2n1. The number of nitrogens with zero attached hydrogens (tertiary/aromatic N) is 2. The maximum absolute atomic E-state index is 13.4. The molecular formula is C24H25N3O4S. The molecule has 0 aliphatic carbocycles. The Morgan fingerprint density at radius 1 is 1.19 bits per heavy atom. The van der Waals surface area contributed by atoms with Gasteiger partial charge in [0.2, 0.25) is 5.91 Å². The van der Waals surface area contributed by atoms with Crippen LogP contribution in [0.2, 0.25) is 0 Å². The maximum Gasteiger partial charge on any atom is 0.266 e. The molecule has 1 N–H and O–H groups in total. The highest BCUT2D eigenvalue weighted by Crippen LogP contribution is 2.39. The van der Waals surface area contributed by atoms with Crippen LogP contribution in [0.5, 0.6) is 5.75 Å². The Hall–Kier alpha value is -2.97. The van der Waals surface area contributed by atoms with Gasteiger partial charge in [-0.25, -0.2) is 4.98 Å². The Bertz CT molecular complexity index is 1200. The number of hydrogen-bond acceptors (Lipinski definition) is 6. The molecule has 32 heavy (non-hydrogen) atoms. The lowest BCUT2D eigenvalue weighted by Gasteiger charge is -2.27. The van der Waals surface area contributed by atoms with Gasteiger partial charge < -0.3 is 19.7 Å². The Labute approximate surface area is 190 Å². The van der Waals surface area contributed by atoms with E-state index in [1.54, 1.807) is 4.90 Å². The molecule has 2 amide bonds. The summed E-state index contributed by atoms with van der Waals surface area (Å²) in [5, 5.41) is 3.92. The van der Waals surface area contributed by atoms with Crippen molar-refractivity contribution in [3.63, 3.8) is 0 Å². The van der Waals surface area contributed by atoms with E-state index in [2.05, 4.69) is 10.3 Å². The minimum atomic E-state index is -0.329. The summed E-state index contributed by atoms with van der Waals surface area (Å²) in [7, 11) is 0. The van der Waals surface area contributed by atoms with Gasteiger partial charge in [-0.2, -0.15) is 0 Å². The average molecular weight is 452 g/mol. The molecule has 2 aliphatic heterocycles. The molecule has 0 spiro atoms. The highest BCUT2D eigenvalue weighted by molar-refractivity contribution is 7.21. The van der Waals surface area contributed by atoms with Crippen LogP contribution in [-0.4, -0.2) is 54.6 Å². The molecule has 1 aromatic carbocycles. The fourth-order valence-electron chi connectivity index (χ4n) is 4.34. The summed E-state index contributed by atoms with van der Waals surface area (Å²) in [6.45, 7) is 6.36. The lowest BCUT2D eigenvalue weighted by atomic mass is 9.96. The summed E-state index contributed by atoms with van der Waals surface area (Å²) in [5.41, 5.74) is 3.46. The zero-order valence-corrected chi connectivity index (χ0v) is 19.0. The van der Waals surface area contributed by atoms with Gasteiger partial charge in [0.1, 0.15) is 22.1 Å². The molecule has 4 heterocycles. The van der Waals surface area contributed by atoms with E-state index in [0.717, 1.165) is 32.8 Å². The van der Waals surface area contributed by atoms with E-state index >= 15 is 0 Å². The first kappa shape index (κ1) is 20.9. The molecule has 1 fully saturated rings. The number of para-hydroxylation sites is 1. The molecule has 2 aliphatic rings. The number of carbonyl (C=O) groups is 2. The minimum absolute atomic E-state index is 0.0890. The summed E-state index contributed by atoms with van der Waals surface area (Å²) in [4.78, 5) is 34.4. The second-order valence-corrected chi connectivity index (χ2v) is 9.28. The second kappa shape index (κ2) is 8.52. The zero-order valence-electron chi connectivity index (χ0n) is 18.1. The minimum Gasteiger partial charge on any atom is -0.492 e. The van der Waals surface area contributed by atoms with Crippen LogP contribution in [0.3, 0.4) is 0 Å². The molecule has 1 atom stereocenters. The van der Waals surface area contributed by atoms with E-state index in [4.69, 9.17) is 9.47 Å². The van der Waals surface area contributed by atoms with Gasteiger partial charge in [0, 0.05) is 24.2 Å². The van der Waals surface area contributed by atoms with Gasteiger partial charge in [0.05, 0.1) is 24.8 Å². The molecule has 2 aromatic heterocycles. The molecular weight excluding hydrogens is 426 g/mol. The van der Waals surface area contributed by atoms with Crippen molar-refractivity contribution in [2.24, 2.45) is 5.92 Å². The molecule has 8 heteroatoms. The van der Waals surface area contributed by atoms with Gasteiger partial charge >= 0.3 is 0 Å². The smallest absolute Gasteiger partial charge is 0.266 e. The van der Waals surface area contributed by atoms with E-state index in [1.165, 1.54) is 11.3 Å². The fraction of sp³-hybridized carbons (Fsp3) is 0.375. The van der Waals surface area contributed by atoms with Crippen molar-refractivity contribution in [1.29, 1.82) is 0 Å². The number of hydrogen-bond donors (Lipinski definition) is 1. The number of benzene rings is 1. The predicted molar refractivity (Wildman–Crippen MR) is 124 cm³/mol. The van der Waals surface area contributed by atoms with E-state index in [9.17, 15) is 9.59 Å². The molecule has 3 aromatic rings. The number of pyridine rings is 1. The molecule has 0 unspecified atom stereocenters. The van der Waals surface area contributed by atoms with E-state index in [0.29, 0.717) is 49.9 Å². The maximum atomic E-state index is 13.4. The van der Waals surface area contributed by atoms with Gasteiger partial charge in [-0.3, -0.25) is 9.59 Å². The van der Waals surface area contributed by atoms with Crippen LogP contribution in [0, 0.1) is 19.8 Å². The molecule has 1 saturated heterocycles. The lowest BCUT2D eigenvalue weighted by Crippen LogP contribution is -2.40. The number of aromatic nitrogens is 1. The van der Waals surface area contributed by atoms with Gasteiger partial charge in [-0.15, -0.1) is 11.3 Å². The summed E-state index contributed by atoms with van der Waals surface area (Å²) in [6.07, 6.45) is 0.604. The third-order valence-corrected chi connectivity index (χ3v) is 7.05. The standard InChI is InChI=1S/C24H25N3O4S/c1-14-11-15(2)25-23-19(14)20(21(32-23)24(29)27-7-9-30-10-8-27)26-22(28)17-12-16-5-3-4-6-18(16)31-13-17/h3-6,11,17H,7-10,12-13H2,1-2H3,(H,26,28)/t17-/m1/s1. The Balaban J connectivity index is 1.49. The molecule has 5 rings (SSSR count). The topological polar surface area (TPSA) is 80.8 Å². The number of morpholine rings is 1. The highest BCUT2D eigenvalue weighted by Gasteiger charge is 2.31. The van der Waals surface area contributed by atoms with E-state index in [-0.39, 0.29) is 17.7 Å². The number of nitrogens with one attached hydrogen (secondary N) is 1. The number of ether oxygens (including phenoxy) is 2. The molecule has 7 nitrogen and oxygen atoms in total. The Morgan fingerprint density at radius 2 is 1.97 bits per heavy atom. The highest BCUT2D eigenvalue weighted by atomic mass is 32.1. The van der Waals surface area contributed by atoms with Crippen LogP contribution in [0.25, 0.3) is 10.2 Å². The first-order chi connectivity index (χ1) is 15.5. The molecule has 0 bridgehead atoms. The Kier molecular flexibility index (Phi) is 5.57. The van der Waals surface area contributed by atoms with Crippen molar-refractivity contribution in [3.8, 4) is 5.75 Å². The number of carbonyl (C=O) groups excluding carboxylic acids is 2. The van der Waals surface area contributed by atoms with Crippen molar-refractivity contribution in [2.45, 2.75) is 20.3 Å². The number of thiophene rings is 1. The number of rotatable bonds is 3. The van der Waals surface area contributed by atoms with Crippen LogP contribution in [0.15, 0.2) is 30.3 Å². The number of aryl methyl sites for hydroxylation is 2. The summed E-state index contributed by atoms with van der Waals surface area (Å²) in [5.74, 6) is 0.269. The van der Waals surface area contributed by atoms with Crippen molar-refractivity contribution in [2.75, 3.05) is 38.2 Å². The van der Waals surface area contributed by atoms with Gasteiger partial charge in [-0.1, -0.05) is 18.2 Å². The molecule has 0 saturated carbocycles. The van der Waals surface area contributed by atoms with Crippen LogP contribution in [0.4, 0.5) is 5.69 Å². The molecule has 0 radical (unpaired) electrons. The van der Waals surface area contributed by atoms with Crippen molar-refractivity contribution >= 4 is 39.1 Å². The van der Waals surface area contributed by atoms with Crippen LogP contribution < -0.4 is 10.1 Å². The van der Waals surface area contributed by atoms with Crippen LogP contribution >= 0.6 is 11.3 Å². The normalized spacial score (nSPS) is 18.2. The number of fused-ring (bicyclic) bond motifs is 2. The van der Waals surface area contributed by atoms with Gasteiger partial charge in [0.15, 0.2) is 0 Å². The second-order valence-electron chi connectivity index (χ2n) is 8.28. The number of amides is 2. The van der Waals surface area contributed by atoms with Crippen molar-refractivity contribution in [1.82, 2.24) is 9.88 Å². The first-order valence-electron chi connectivity index (χ1n) is 10.8. The van der Waals surface area contributed by atoms with Crippen LogP contribution in [0.1, 0.15) is 26.5 Å². The average Bonchev–Trinajstić information content (AvgIpc) is 3.16. The van der Waals surface area contributed by atoms with Crippen LogP contribution in [-0.2, 0) is 16.0 Å². The monoisotopic (exact) mass is 451 g/mol. The summed E-state index contributed by atoms with van der Waals surface area (Å²) in [6, 6.07) is 9.77. The fourth-order valence-corrected chi connectivity index (χ4v) is 5.56. The van der Waals surface area contributed by atoms with E-state index < -0.39 is 0 Å². The molecule has 166 valence electrons. The van der Waals surface area contributed by atoms with Gasteiger partial charge in [0.25, 0.3) is 5.91 Å². The van der Waals surface area contributed by atoms with Gasteiger partial charge in [-0.05, 0) is 43.5 Å². The first-order valence-corrected chi connectivity index (χ1v) is 11.6.